The van der Waals surface area contributed by atoms with Crippen LogP contribution in [-0.4, -0.2) is 65.5 Å². The number of hydrogen-bond acceptors (Lipinski definition) is 6. The molecule has 0 aromatic heterocycles. The maximum atomic E-state index is 12.7. The van der Waals surface area contributed by atoms with Crippen LogP contribution in [-0.2, 0) is 14.8 Å². The molecule has 0 spiro atoms. The molecule has 0 fully saturated rings. The fourth-order valence-corrected chi connectivity index (χ4v) is 3.46. The van der Waals surface area contributed by atoms with Crippen LogP contribution in [0.15, 0.2) is 23.1 Å². The molecule has 0 amide bonds. The zero-order chi connectivity index (χ0) is 16.6. The van der Waals surface area contributed by atoms with Crippen LogP contribution < -0.4 is 9.47 Å². The van der Waals surface area contributed by atoms with Crippen molar-refractivity contribution in [2.75, 3.05) is 47.6 Å². The molecule has 1 N–H and O–H groups in total. The van der Waals surface area contributed by atoms with Crippen LogP contribution in [0.1, 0.15) is 6.42 Å². The highest BCUT2D eigenvalue weighted by Crippen LogP contribution is 2.30. The van der Waals surface area contributed by atoms with Crippen LogP contribution in [0.3, 0.4) is 0 Å². The summed E-state index contributed by atoms with van der Waals surface area (Å²) in [6.07, 6.45) is 0.545. The van der Waals surface area contributed by atoms with Gasteiger partial charge in [-0.15, -0.1) is 0 Å². The maximum Gasteiger partial charge on any atom is 0.243 e. The van der Waals surface area contributed by atoms with Gasteiger partial charge in [0, 0.05) is 32.9 Å². The standard InChI is InChI=1S/C14H23NO6S/c1-19-10-4-7-15(8-9-16)22(17,18)12-5-6-13(20-2)14(11-12)21-3/h5-6,11,16H,4,7-10H2,1-3H3. The SMILES string of the molecule is COCCCN(CCO)S(=O)(=O)c1ccc(OC)c(OC)c1. The number of ether oxygens (including phenoxy) is 3. The molecule has 0 radical (unpaired) electrons. The first-order valence-corrected chi connectivity index (χ1v) is 8.27. The molecule has 1 aromatic carbocycles. The number of aliphatic hydroxyl groups is 1. The summed E-state index contributed by atoms with van der Waals surface area (Å²) in [4.78, 5) is 0.0935. The van der Waals surface area contributed by atoms with Crippen LogP contribution in [0.25, 0.3) is 0 Å². The Labute approximate surface area is 131 Å². The van der Waals surface area contributed by atoms with Crippen LogP contribution in [0, 0.1) is 0 Å². The Hall–Kier alpha value is -1.35. The molecular formula is C14H23NO6S. The van der Waals surface area contributed by atoms with Crippen molar-refractivity contribution in [2.45, 2.75) is 11.3 Å². The average molecular weight is 333 g/mol. The monoisotopic (exact) mass is 333 g/mol. The van der Waals surface area contributed by atoms with Gasteiger partial charge < -0.3 is 19.3 Å². The maximum absolute atomic E-state index is 12.7. The molecule has 1 aromatic rings. The quantitative estimate of drug-likeness (QED) is 0.635. The third-order valence-electron chi connectivity index (χ3n) is 3.10. The topological polar surface area (TPSA) is 85.3 Å². The molecule has 0 atom stereocenters. The molecule has 0 saturated heterocycles. The number of nitrogens with zero attached hydrogens (tertiary/aromatic N) is 1. The summed E-state index contributed by atoms with van der Waals surface area (Å²) < 4.78 is 41.7. The predicted molar refractivity (Wildman–Crippen MR) is 81.9 cm³/mol. The van der Waals surface area contributed by atoms with E-state index in [0.717, 1.165) is 0 Å². The fourth-order valence-electron chi connectivity index (χ4n) is 1.98. The summed E-state index contributed by atoms with van der Waals surface area (Å²) in [5.41, 5.74) is 0. The first-order valence-electron chi connectivity index (χ1n) is 6.83. The first-order chi connectivity index (χ1) is 10.5. The smallest absolute Gasteiger partial charge is 0.243 e. The minimum Gasteiger partial charge on any atom is -0.493 e. The number of aliphatic hydroxyl groups excluding tert-OH is 1. The minimum atomic E-state index is -3.72. The van der Waals surface area contributed by atoms with E-state index in [1.54, 1.807) is 7.11 Å². The second-order valence-electron chi connectivity index (χ2n) is 4.49. The Morgan fingerprint density at radius 1 is 1.09 bits per heavy atom. The van der Waals surface area contributed by atoms with E-state index in [9.17, 15) is 8.42 Å². The molecule has 126 valence electrons. The predicted octanol–water partition coefficient (Wildman–Crippen LogP) is 0.723. The van der Waals surface area contributed by atoms with E-state index in [1.807, 2.05) is 0 Å². The average Bonchev–Trinajstić information content (AvgIpc) is 2.53. The van der Waals surface area contributed by atoms with Gasteiger partial charge in [0.15, 0.2) is 11.5 Å². The molecule has 0 bridgehead atoms. The van der Waals surface area contributed by atoms with Crippen molar-refractivity contribution >= 4 is 10.0 Å². The Kier molecular flexibility index (Phi) is 7.60. The van der Waals surface area contributed by atoms with Crippen molar-refractivity contribution < 1.29 is 27.7 Å². The molecular weight excluding hydrogens is 310 g/mol. The Morgan fingerprint density at radius 2 is 1.77 bits per heavy atom. The van der Waals surface area contributed by atoms with Crippen molar-refractivity contribution in [2.24, 2.45) is 0 Å². The van der Waals surface area contributed by atoms with Crippen molar-refractivity contribution in [3.8, 4) is 11.5 Å². The molecule has 22 heavy (non-hydrogen) atoms. The summed E-state index contributed by atoms with van der Waals surface area (Å²) >= 11 is 0. The van der Waals surface area contributed by atoms with Crippen molar-refractivity contribution in [1.82, 2.24) is 4.31 Å². The zero-order valence-electron chi connectivity index (χ0n) is 13.1. The van der Waals surface area contributed by atoms with Crippen molar-refractivity contribution in [3.63, 3.8) is 0 Å². The minimum absolute atomic E-state index is 0.0282. The molecule has 0 aliphatic carbocycles. The van der Waals surface area contributed by atoms with E-state index in [4.69, 9.17) is 19.3 Å². The van der Waals surface area contributed by atoms with Gasteiger partial charge in [-0.25, -0.2) is 8.42 Å². The van der Waals surface area contributed by atoms with E-state index >= 15 is 0 Å². The highest BCUT2D eigenvalue weighted by atomic mass is 32.2. The van der Waals surface area contributed by atoms with E-state index in [2.05, 4.69) is 0 Å². The summed E-state index contributed by atoms with van der Waals surface area (Å²) in [5, 5.41) is 9.10. The largest absolute Gasteiger partial charge is 0.493 e. The Balaban J connectivity index is 3.07. The lowest BCUT2D eigenvalue weighted by atomic mass is 10.3. The highest BCUT2D eigenvalue weighted by molar-refractivity contribution is 7.89. The van der Waals surface area contributed by atoms with E-state index in [1.165, 1.54) is 36.7 Å². The third-order valence-corrected chi connectivity index (χ3v) is 4.99. The molecule has 0 saturated carbocycles. The lowest BCUT2D eigenvalue weighted by Gasteiger charge is -2.21. The molecule has 0 unspecified atom stereocenters. The summed E-state index contributed by atoms with van der Waals surface area (Å²) in [6.45, 7) is 0.494. The van der Waals surface area contributed by atoms with Gasteiger partial charge in [-0.05, 0) is 18.6 Å². The van der Waals surface area contributed by atoms with Gasteiger partial charge in [-0.2, -0.15) is 4.31 Å². The summed E-state index contributed by atoms with van der Waals surface area (Å²) in [7, 11) is 0.760. The fraction of sp³-hybridized carbons (Fsp3) is 0.571. The van der Waals surface area contributed by atoms with Crippen LogP contribution in [0.5, 0.6) is 11.5 Å². The van der Waals surface area contributed by atoms with E-state index in [-0.39, 0.29) is 24.6 Å². The molecule has 0 heterocycles. The summed E-state index contributed by atoms with van der Waals surface area (Å²) in [6, 6.07) is 4.41. The lowest BCUT2D eigenvalue weighted by molar-refractivity contribution is 0.182. The van der Waals surface area contributed by atoms with Gasteiger partial charge in [0.25, 0.3) is 0 Å². The molecule has 7 nitrogen and oxygen atoms in total. The second kappa shape index (κ2) is 8.94. The molecule has 8 heteroatoms. The molecule has 0 aliphatic heterocycles. The van der Waals surface area contributed by atoms with Gasteiger partial charge in [-0.3, -0.25) is 0 Å². The van der Waals surface area contributed by atoms with E-state index < -0.39 is 10.0 Å². The number of sulfonamides is 1. The third kappa shape index (κ3) is 4.57. The molecule has 0 aliphatic rings. The number of hydrogen-bond donors (Lipinski definition) is 1. The first kappa shape index (κ1) is 18.7. The molecule has 1 rings (SSSR count). The van der Waals surface area contributed by atoms with Gasteiger partial charge in [0.2, 0.25) is 10.0 Å². The summed E-state index contributed by atoms with van der Waals surface area (Å²) in [5.74, 6) is 0.791. The van der Waals surface area contributed by atoms with Gasteiger partial charge >= 0.3 is 0 Å². The van der Waals surface area contributed by atoms with Gasteiger partial charge in [0.05, 0.1) is 25.7 Å². The van der Waals surface area contributed by atoms with Gasteiger partial charge in [0.1, 0.15) is 0 Å². The van der Waals surface area contributed by atoms with E-state index in [0.29, 0.717) is 24.5 Å². The Morgan fingerprint density at radius 3 is 2.32 bits per heavy atom. The normalized spacial score (nSPS) is 11.7. The van der Waals surface area contributed by atoms with Gasteiger partial charge in [-0.1, -0.05) is 0 Å². The van der Waals surface area contributed by atoms with Crippen LogP contribution >= 0.6 is 0 Å². The number of rotatable bonds is 10. The highest BCUT2D eigenvalue weighted by Gasteiger charge is 2.25. The number of benzene rings is 1. The van der Waals surface area contributed by atoms with Crippen molar-refractivity contribution in [3.05, 3.63) is 18.2 Å². The lowest BCUT2D eigenvalue weighted by Crippen LogP contribution is -2.35. The second-order valence-corrected chi connectivity index (χ2v) is 6.43. The Bertz CT molecular complexity index is 560. The van der Waals surface area contributed by atoms with Crippen molar-refractivity contribution in [1.29, 1.82) is 0 Å². The number of methoxy groups -OCH3 is 3. The van der Waals surface area contributed by atoms with Crippen LogP contribution in [0.4, 0.5) is 0 Å². The van der Waals surface area contributed by atoms with Crippen LogP contribution in [0.2, 0.25) is 0 Å². The zero-order valence-corrected chi connectivity index (χ0v) is 13.9.